The van der Waals surface area contributed by atoms with E-state index >= 15 is 0 Å². The molecule has 0 aliphatic carbocycles. The molecule has 1 aromatic heterocycles. The van der Waals surface area contributed by atoms with Gasteiger partial charge in [-0.15, -0.1) is 0 Å². The number of aliphatic hydroxyl groups is 1. The van der Waals surface area contributed by atoms with Crippen molar-refractivity contribution in [2.24, 2.45) is 0 Å². The van der Waals surface area contributed by atoms with E-state index in [1.54, 1.807) is 12.1 Å². The largest absolute Gasteiger partial charge is 0.395 e. The Hall–Kier alpha value is -3.97. The Morgan fingerprint density at radius 2 is 1.66 bits per heavy atom. The zero-order valence-corrected chi connectivity index (χ0v) is 19.5. The number of nitrogens with zero attached hydrogens (tertiary/aromatic N) is 2. The van der Waals surface area contributed by atoms with Crippen LogP contribution in [0.25, 0.3) is 22.4 Å². The van der Waals surface area contributed by atoms with Crippen molar-refractivity contribution in [3.8, 4) is 11.4 Å². The number of Topliss-reactive ketones (excluding diaryl/α,β-unsaturated/α-hetero) is 1. The van der Waals surface area contributed by atoms with E-state index in [0.29, 0.717) is 17.8 Å². The van der Waals surface area contributed by atoms with Crippen LogP contribution in [0.4, 0.5) is 5.69 Å². The van der Waals surface area contributed by atoms with Gasteiger partial charge in [-0.3, -0.25) is 9.59 Å². The van der Waals surface area contributed by atoms with E-state index in [1.807, 2.05) is 54.6 Å². The van der Waals surface area contributed by atoms with Crippen molar-refractivity contribution in [1.82, 2.24) is 15.3 Å². The lowest BCUT2D eigenvalue weighted by Gasteiger charge is -2.17. The first-order valence-corrected chi connectivity index (χ1v) is 12.0. The Bertz CT molecular complexity index is 1340. The van der Waals surface area contributed by atoms with E-state index in [4.69, 9.17) is 5.11 Å². The van der Waals surface area contributed by atoms with Crippen molar-refractivity contribution in [1.29, 1.82) is 0 Å². The van der Waals surface area contributed by atoms with Gasteiger partial charge in [0.1, 0.15) is 5.82 Å². The molecule has 1 aliphatic heterocycles. The third kappa shape index (κ3) is 5.10. The van der Waals surface area contributed by atoms with Crippen molar-refractivity contribution >= 4 is 28.4 Å². The lowest BCUT2D eigenvalue weighted by Crippen LogP contribution is -2.26. The number of ketones is 1. The number of carbonyl (C=O) groups excluding carboxylic acids is 2. The van der Waals surface area contributed by atoms with Gasteiger partial charge in [-0.2, -0.15) is 0 Å². The summed E-state index contributed by atoms with van der Waals surface area (Å²) >= 11 is 0. The third-order valence-corrected chi connectivity index (χ3v) is 6.39. The number of imidazole rings is 1. The fourth-order valence-electron chi connectivity index (χ4n) is 4.48. The summed E-state index contributed by atoms with van der Waals surface area (Å²) in [6.07, 6.45) is 2.78. The van der Waals surface area contributed by atoms with Crippen LogP contribution in [0.5, 0.6) is 0 Å². The number of fused-ring (bicyclic) bond motifs is 1. The van der Waals surface area contributed by atoms with Gasteiger partial charge in [-0.05, 0) is 66.9 Å². The molecule has 0 unspecified atom stereocenters. The van der Waals surface area contributed by atoms with Gasteiger partial charge in [0.15, 0.2) is 5.78 Å². The molecule has 1 saturated heterocycles. The Morgan fingerprint density at radius 3 is 2.37 bits per heavy atom. The van der Waals surface area contributed by atoms with Crippen LogP contribution in [0.2, 0.25) is 0 Å². The maximum absolute atomic E-state index is 12.9. The van der Waals surface area contributed by atoms with E-state index in [9.17, 15) is 9.59 Å². The van der Waals surface area contributed by atoms with Gasteiger partial charge in [-0.25, -0.2) is 4.98 Å². The minimum absolute atomic E-state index is 0.0899. The molecule has 5 rings (SSSR count). The maximum atomic E-state index is 12.9. The average molecular weight is 469 g/mol. The fraction of sp³-hybridized carbons (Fsp3) is 0.250. The molecule has 0 spiro atoms. The SMILES string of the molecule is O=C(Cc1ccc2nc(-c3ccc(C(=O)NCCO)cc3)[nH]c2c1)c1ccc(N2CCCC2)cc1. The second-order valence-corrected chi connectivity index (χ2v) is 8.83. The maximum Gasteiger partial charge on any atom is 0.251 e. The molecule has 0 radical (unpaired) electrons. The van der Waals surface area contributed by atoms with E-state index in [1.165, 1.54) is 18.5 Å². The van der Waals surface area contributed by atoms with Crippen LogP contribution in [0.1, 0.15) is 39.1 Å². The van der Waals surface area contributed by atoms with Crippen LogP contribution in [0.3, 0.4) is 0 Å². The average Bonchev–Trinajstić information content (AvgIpc) is 3.58. The lowest BCUT2D eigenvalue weighted by atomic mass is 10.0. The molecule has 1 fully saturated rings. The van der Waals surface area contributed by atoms with Crippen molar-refractivity contribution < 1.29 is 14.7 Å². The Morgan fingerprint density at radius 1 is 0.943 bits per heavy atom. The van der Waals surface area contributed by atoms with Crippen LogP contribution >= 0.6 is 0 Å². The molecule has 0 bridgehead atoms. The van der Waals surface area contributed by atoms with Crippen molar-refractivity contribution in [3.05, 3.63) is 83.4 Å². The minimum atomic E-state index is -0.227. The zero-order valence-electron chi connectivity index (χ0n) is 19.5. The van der Waals surface area contributed by atoms with E-state index < -0.39 is 0 Å². The van der Waals surface area contributed by atoms with Crippen LogP contribution in [-0.2, 0) is 6.42 Å². The number of aromatic amines is 1. The molecular weight excluding hydrogens is 440 g/mol. The summed E-state index contributed by atoms with van der Waals surface area (Å²) in [5, 5.41) is 11.5. The highest BCUT2D eigenvalue weighted by Gasteiger charge is 2.14. The smallest absolute Gasteiger partial charge is 0.251 e. The first-order valence-electron chi connectivity index (χ1n) is 12.0. The summed E-state index contributed by atoms with van der Waals surface area (Å²) in [4.78, 5) is 35.2. The number of H-pyrrole nitrogens is 1. The highest BCUT2D eigenvalue weighted by Crippen LogP contribution is 2.24. The fourth-order valence-corrected chi connectivity index (χ4v) is 4.48. The van der Waals surface area contributed by atoms with Crippen molar-refractivity contribution in [2.75, 3.05) is 31.1 Å². The minimum Gasteiger partial charge on any atom is -0.395 e. The Kier molecular flexibility index (Phi) is 6.59. The Balaban J connectivity index is 1.28. The summed E-state index contributed by atoms with van der Waals surface area (Å²) in [6.45, 7) is 2.30. The molecule has 4 aromatic rings. The molecule has 35 heavy (non-hydrogen) atoms. The molecule has 0 atom stereocenters. The van der Waals surface area contributed by atoms with Gasteiger partial charge in [0.05, 0.1) is 17.6 Å². The molecule has 2 heterocycles. The number of hydrogen-bond acceptors (Lipinski definition) is 5. The summed E-state index contributed by atoms with van der Waals surface area (Å²) < 4.78 is 0. The number of aromatic nitrogens is 2. The normalized spacial score (nSPS) is 13.3. The number of aliphatic hydroxyl groups excluding tert-OH is 1. The van der Waals surface area contributed by atoms with Gasteiger partial charge in [-0.1, -0.05) is 18.2 Å². The van der Waals surface area contributed by atoms with Crippen LogP contribution in [0.15, 0.2) is 66.7 Å². The quantitative estimate of drug-likeness (QED) is 0.340. The molecule has 3 aromatic carbocycles. The molecule has 1 aliphatic rings. The van der Waals surface area contributed by atoms with Crippen LogP contribution in [-0.4, -0.2) is 53.0 Å². The van der Waals surface area contributed by atoms with Crippen molar-refractivity contribution in [3.63, 3.8) is 0 Å². The van der Waals surface area contributed by atoms with Gasteiger partial charge in [0.2, 0.25) is 0 Å². The number of anilines is 1. The van der Waals surface area contributed by atoms with Gasteiger partial charge >= 0.3 is 0 Å². The number of amides is 1. The topological polar surface area (TPSA) is 98.3 Å². The van der Waals surface area contributed by atoms with E-state index in [2.05, 4.69) is 20.2 Å². The zero-order chi connectivity index (χ0) is 24.2. The molecule has 1 amide bonds. The summed E-state index contributed by atoms with van der Waals surface area (Å²) in [5.74, 6) is 0.561. The van der Waals surface area contributed by atoms with Crippen molar-refractivity contribution in [2.45, 2.75) is 19.3 Å². The van der Waals surface area contributed by atoms with Gasteiger partial charge in [0, 0.05) is 48.4 Å². The third-order valence-electron chi connectivity index (χ3n) is 6.39. The number of nitrogens with one attached hydrogen (secondary N) is 2. The number of benzene rings is 3. The Labute approximate surface area is 203 Å². The lowest BCUT2D eigenvalue weighted by molar-refractivity contribution is 0.0943. The standard InChI is InChI=1S/C28H28N4O3/c33-16-13-29-28(35)22-6-4-21(5-7-22)27-30-24-12-3-19(17-25(24)31-27)18-26(34)20-8-10-23(11-9-20)32-14-1-2-15-32/h3-12,17,33H,1-2,13-16,18H2,(H,29,35)(H,30,31). The highest BCUT2D eigenvalue weighted by atomic mass is 16.3. The van der Waals surface area contributed by atoms with Crippen LogP contribution in [0, 0.1) is 0 Å². The van der Waals surface area contributed by atoms with Gasteiger partial charge in [0.25, 0.3) is 5.91 Å². The van der Waals surface area contributed by atoms with E-state index in [0.717, 1.165) is 40.8 Å². The number of hydrogen-bond donors (Lipinski definition) is 3. The molecule has 178 valence electrons. The molecule has 3 N–H and O–H groups in total. The first-order chi connectivity index (χ1) is 17.1. The number of carbonyl (C=O) groups is 2. The predicted molar refractivity (Wildman–Crippen MR) is 137 cm³/mol. The summed E-state index contributed by atoms with van der Waals surface area (Å²) in [7, 11) is 0. The van der Waals surface area contributed by atoms with Crippen LogP contribution < -0.4 is 10.2 Å². The second-order valence-electron chi connectivity index (χ2n) is 8.83. The molecule has 0 saturated carbocycles. The molecular formula is C28H28N4O3. The predicted octanol–water partition coefficient (Wildman–Crippen LogP) is 3.98. The number of rotatable bonds is 8. The highest BCUT2D eigenvalue weighted by molar-refractivity contribution is 5.98. The molecule has 7 nitrogen and oxygen atoms in total. The summed E-state index contributed by atoms with van der Waals surface area (Å²) in [6, 6.07) is 20.9. The summed E-state index contributed by atoms with van der Waals surface area (Å²) in [5.41, 5.74) is 5.89. The van der Waals surface area contributed by atoms with E-state index in [-0.39, 0.29) is 24.8 Å². The molecule has 7 heteroatoms. The van der Waals surface area contributed by atoms with Gasteiger partial charge < -0.3 is 20.3 Å². The first kappa shape index (κ1) is 22.8. The monoisotopic (exact) mass is 468 g/mol. The second kappa shape index (κ2) is 10.1.